The van der Waals surface area contributed by atoms with Crippen LogP contribution in [-0.2, 0) is 10.8 Å². The average molecular weight is 1080 g/mol. The third-order valence-electron chi connectivity index (χ3n) is 17.1. The van der Waals surface area contributed by atoms with Gasteiger partial charge in [-0.05, 0) is 140 Å². The average Bonchev–Trinajstić information content (AvgIpc) is 1.11. The van der Waals surface area contributed by atoms with Crippen LogP contribution in [0.2, 0.25) is 0 Å². The van der Waals surface area contributed by atoms with E-state index in [1.165, 1.54) is 61.0 Å². The van der Waals surface area contributed by atoms with E-state index in [9.17, 15) is 0 Å². The van der Waals surface area contributed by atoms with Crippen molar-refractivity contribution in [3.05, 3.63) is 272 Å². The molecule has 2 aliphatic rings. The predicted octanol–water partition coefficient (Wildman–Crippen LogP) is 18.0. The Morgan fingerprint density at radius 3 is 1.31 bits per heavy atom. The highest BCUT2D eigenvalue weighted by atomic mass is 15.2. The molecule has 0 fully saturated rings. The molecule has 4 heterocycles. The van der Waals surface area contributed by atoms with Crippen LogP contribution in [0.1, 0.15) is 52.7 Å². The van der Waals surface area contributed by atoms with Gasteiger partial charge >= 0.3 is 0 Å². The van der Waals surface area contributed by atoms with Gasteiger partial charge in [-0.3, -0.25) is 0 Å². The quantitative estimate of drug-likeness (QED) is 0.142. The SMILES string of the molecule is CC(C)(C)c1ccc2c(c1)c1cc(C(C)(C)C)ccc1n2-c1c(-c2cccc(-c3cccc(N4c5ccccc5B5c6ccccc6N(c6ccccc6)c6cccc4c65)c3)c2)cccc1-c1nc(-c2ccccc2)nc(-c2ccccc2)n1. The number of rotatable bonds is 8. The number of aromatic nitrogens is 4. The van der Waals surface area contributed by atoms with Crippen molar-refractivity contribution in [3.63, 3.8) is 0 Å². The molecule has 6 nitrogen and oxygen atoms in total. The summed E-state index contributed by atoms with van der Waals surface area (Å²) in [6.45, 7) is 13.9. The summed E-state index contributed by atoms with van der Waals surface area (Å²) in [5.74, 6) is 1.83. The third-order valence-corrected chi connectivity index (χ3v) is 17.1. The fraction of sp³-hybridized carbons (Fsp3) is 0.104. The van der Waals surface area contributed by atoms with Gasteiger partial charge in [-0.2, -0.15) is 0 Å². The number of hydrogen-bond acceptors (Lipinski definition) is 5. The van der Waals surface area contributed by atoms with Gasteiger partial charge in [0.05, 0.1) is 16.7 Å². The summed E-state index contributed by atoms with van der Waals surface area (Å²) in [5, 5.41) is 2.42. The fourth-order valence-corrected chi connectivity index (χ4v) is 13.0. The van der Waals surface area contributed by atoms with E-state index in [0.717, 1.165) is 67.0 Å². The second kappa shape index (κ2) is 19.8. The van der Waals surface area contributed by atoms with Crippen molar-refractivity contribution in [3.8, 4) is 62.1 Å². The highest BCUT2D eigenvalue weighted by Gasteiger charge is 2.43. The van der Waals surface area contributed by atoms with E-state index in [-0.39, 0.29) is 17.5 Å². The molecule has 0 unspecified atom stereocenters. The molecule has 0 amide bonds. The van der Waals surface area contributed by atoms with Crippen LogP contribution in [0.5, 0.6) is 0 Å². The Morgan fingerprint density at radius 2 is 0.738 bits per heavy atom. The Bertz CT molecular complexity index is 4580. The Balaban J connectivity index is 0.934. The van der Waals surface area contributed by atoms with Gasteiger partial charge in [-0.25, -0.2) is 15.0 Å². The van der Waals surface area contributed by atoms with Gasteiger partial charge in [0, 0.05) is 67.2 Å². The summed E-state index contributed by atoms with van der Waals surface area (Å²) in [6.07, 6.45) is 0. The number of nitrogens with zero attached hydrogens (tertiary/aromatic N) is 6. The highest BCUT2D eigenvalue weighted by Crippen LogP contribution is 2.47. The van der Waals surface area contributed by atoms with Crippen LogP contribution in [0, 0.1) is 0 Å². The molecule has 0 saturated carbocycles. The molecule has 402 valence electrons. The minimum atomic E-state index is -0.0618. The van der Waals surface area contributed by atoms with Gasteiger partial charge < -0.3 is 14.4 Å². The van der Waals surface area contributed by atoms with E-state index < -0.39 is 0 Å². The van der Waals surface area contributed by atoms with Gasteiger partial charge in [0.15, 0.2) is 17.5 Å². The first-order chi connectivity index (χ1) is 40.9. The van der Waals surface area contributed by atoms with Crippen LogP contribution in [0.25, 0.3) is 83.9 Å². The zero-order valence-electron chi connectivity index (χ0n) is 48.1. The first kappa shape index (κ1) is 50.8. The lowest BCUT2D eigenvalue weighted by Gasteiger charge is -2.44. The van der Waals surface area contributed by atoms with Crippen LogP contribution >= 0.6 is 0 Å². The lowest BCUT2D eigenvalue weighted by Crippen LogP contribution is -2.61. The Labute approximate surface area is 492 Å². The van der Waals surface area contributed by atoms with Crippen LogP contribution in [0.15, 0.2) is 261 Å². The van der Waals surface area contributed by atoms with E-state index in [4.69, 9.17) is 15.0 Å². The summed E-state index contributed by atoms with van der Waals surface area (Å²) >= 11 is 0. The molecule has 2 aromatic heterocycles. The summed E-state index contributed by atoms with van der Waals surface area (Å²) < 4.78 is 2.48. The molecule has 84 heavy (non-hydrogen) atoms. The lowest BCUT2D eigenvalue weighted by molar-refractivity contribution is 0.590. The van der Waals surface area contributed by atoms with Crippen molar-refractivity contribution in [2.24, 2.45) is 0 Å². The van der Waals surface area contributed by atoms with E-state index in [1.54, 1.807) is 0 Å². The molecule has 15 rings (SSSR count). The first-order valence-electron chi connectivity index (χ1n) is 29.2. The minimum Gasteiger partial charge on any atom is -0.311 e. The van der Waals surface area contributed by atoms with Crippen LogP contribution < -0.4 is 26.2 Å². The van der Waals surface area contributed by atoms with Gasteiger partial charge in [0.25, 0.3) is 6.71 Å². The maximum absolute atomic E-state index is 5.42. The van der Waals surface area contributed by atoms with E-state index >= 15 is 0 Å². The van der Waals surface area contributed by atoms with Crippen molar-refractivity contribution in [1.82, 2.24) is 19.5 Å². The van der Waals surface area contributed by atoms with E-state index in [0.29, 0.717) is 17.5 Å². The van der Waals surface area contributed by atoms with E-state index in [1.807, 2.05) is 36.4 Å². The Kier molecular flexibility index (Phi) is 12.0. The molecule has 0 N–H and O–H groups in total. The molecule has 0 radical (unpaired) electrons. The fourth-order valence-electron chi connectivity index (χ4n) is 13.0. The molecular formula is C77H61BN6. The van der Waals surface area contributed by atoms with Crippen molar-refractivity contribution in [2.75, 3.05) is 9.80 Å². The second-order valence-electron chi connectivity index (χ2n) is 24.4. The van der Waals surface area contributed by atoms with Crippen LogP contribution in [0.3, 0.4) is 0 Å². The largest absolute Gasteiger partial charge is 0.311 e. The normalized spacial score (nSPS) is 12.8. The second-order valence-corrected chi connectivity index (χ2v) is 24.4. The Hall–Kier alpha value is -10.1. The lowest BCUT2D eigenvalue weighted by atomic mass is 9.33. The molecule has 0 aliphatic carbocycles. The first-order valence-corrected chi connectivity index (χ1v) is 29.2. The smallest absolute Gasteiger partial charge is 0.252 e. The van der Waals surface area contributed by atoms with Crippen molar-refractivity contribution in [2.45, 2.75) is 52.4 Å². The molecule has 0 bridgehead atoms. The van der Waals surface area contributed by atoms with E-state index in [2.05, 4.69) is 280 Å². The molecular weight excluding hydrogens is 1020 g/mol. The summed E-state index contributed by atoms with van der Waals surface area (Å²) in [6, 6.07) is 95.0. The molecule has 11 aromatic carbocycles. The predicted molar refractivity (Wildman–Crippen MR) is 353 cm³/mol. The Morgan fingerprint density at radius 1 is 0.321 bits per heavy atom. The van der Waals surface area contributed by atoms with Crippen molar-refractivity contribution in [1.29, 1.82) is 0 Å². The molecule has 13 aromatic rings. The van der Waals surface area contributed by atoms with Crippen molar-refractivity contribution >= 4 is 79.0 Å². The van der Waals surface area contributed by atoms with Gasteiger partial charge in [0.1, 0.15) is 0 Å². The number of para-hydroxylation sites is 4. The van der Waals surface area contributed by atoms with Gasteiger partial charge in [-0.15, -0.1) is 0 Å². The molecule has 2 aliphatic heterocycles. The van der Waals surface area contributed by atoms with Crippen molar-refractivity contribution < 1.29 is 0 Å². The minimum absolute atomic E-state index is 0.0618. The number of anilines is 6. The van der Waals surface area contributed by atoms with Crippen LogP contribution in [0.4, 0.5) is 34.1 Å². The summed E-state index contributed by atoms with van der Waals surface area (Å²) in [4.78, 5) is 20.9. The maximum Gasteiger partial charge on any atom is 0.252 e. The molecule has 7 heteroatoms. The molecule has 0 saturated heterocycles. The highest BCUT2D eigenvalue weighted by molar-refractivity contribution is 7.00. The summed E-state index contributed by atoms with van der Waals surface area (Å²) in [7, 11) is 0. The standard InChI is InChI=1S/C77H61BN6/c1-76(2,3)55-42-44-65-61(48-55)62-49-56(77(4,5)6)43-45-66(62)84(65)72-59(34-22-35-60(72)75-80-73(50-24-10-7-11-25-50)79-74(81-75)51-26-12-8-13-27-51)54-30-20-28-52(46-54)53-29-21-33-58(47-53)83-68-39-19-17-37-64(68)78-63-36-16-18-38-67(63)82(57-31-14-9-15-32-57)69-40-23-41-70(83)71(69)78/h7-49H,1-6H3. The zero-order chi connectivity index (χ0) is 56.8. The number of benzene rings is 11. The van der Waals surface area contributed by atoms with Crippen LogP contribution in [-0.4, -0.2) is 26.2 Å². The van der Waals surface area contributed by atoms with Gasteiger partial charge in [-0.1, -0.05) is 217 Å². The maximum atomic E-state index is 5.42. The monoisotopic (exact) mass is 1080 g/mol. The topological polar surface area (TPSA) is 50.1 Å². The number of fused-ring (bicyclic) bond motifs is 7. The van der Waals surface area contributed by atoms with Gasteiger partial charge in [0.2, 0.25) is 0 Å². The third kappa shape index (κ3) is 8.52. The molecule has 0 spiro atoms. The zero-order valence-corrected chi connectivity index (χ0v) is 48.1. The summed E-state index contributed by atoms with van der Waals surface area (Å²) in [5.41, 5.74) is 23.7. The number of hydrogen-bond donors (Lipinski definition) is 0. The molecule has 0 atom stereocenters.